The number of carbonyl (C=O) groups is 2. The van der Waals surface area contributed by atoms with Crippen LogP contribution in [0, 0.1) is 11.8 Å². The SMILES string of the molecule is CC[C@H](C)[C@H](NC(=O)NCC1CCOC1)C(=O)O. The van der Waals surface area contributed by atoms with Crippen LogP contribution in [0.3, 0.4) is 0 Å². The molecule has 2 amide bonds. The third-order valence-electron chi connectivity index (χ3n) is 3.34. The Morgan fingerprint density at radius 2 is 2.22 bits per heavy atom. The van der Waals surface area contributed by atoms with Crippen LogP contribution in [0.5, 0.6) is 0 Å². The number of rotatable bonds is 6. The van der Waals surface area contributed by atoms with Gasteiger partial charge in [-0.2, -0.15) is 0 Å². The molecule has 1 heterocycles. The molecular formula is C12H22N2O4. The van der Waals surface area contributed by atoms with E-state index in [9.17, 15) is 9.59 Å². The van der Waals surface area contributed by atoms with E-state index in [2.05, 4.69) is 10.6 Å². The molecule has 0 bridgehead atoms. The van der Waals surface area contributed by atoms with Gasteiger partial charge in [0, 0.05) is 19.1 Å². The summed E-state index contributed by atoms with van der Waals surface area (Å²) in [5, 5.41) is 14.2. The molecule has 1 aliphatic heterocycles. The number of carboxylic acids is 1. The average molecular weight is 258 g/mol. The summed E-state index contributed by atoms with van der Waals surface area (Å²) in [4.78, 5) is 22.6. The maximum Gasteiger partial charge on any atom is 0.326 e. The number of aliphatic carboxylic acids is 1. The van der Waals surface area contributed by atoms with Gasteiger partial charge in [-0.3, -0.25) is 0 Å². The fourth-order valence-electron chi connectivity index (χ4n) is 1.86. The highest BCUT2D eigenvalue weighted by atomic mass is 16.5. The number of ether oxygens (including phenoxy) is 1. The molecule has 0 spiro atoms. The van der Waals surface area contributed by atoms with Crippen LogP contribution in [-0.2, 0) is 9.53 Å². The van der Waals surface area contributed by atoms with Crippen LogP contribution in [0.15, 0.2) is 0 Å². The molecule has 0 saturated carbocycles. The maximum atomic E-state index is 11.6. The highest BCUT2D eigenvalue weighted by molar-refractivity contribution is 5.82. The molecule has 0 radical (unpaired) electrons. The van der Waals surface area contributed by atoms with Crippen molar-refractivity contribution in [1.82, 2.24) is 10.6 Å². The van der Waals surface area contributed by atoms with Crippen molar-refractivity contribution in [3.63, 3.8) is 0 Å². The van der Waals surface area contributed by atoms with Crippen LogP contribution in [0.4, 0.5) is 4.79 Å². The minimum atomic E-state index is -0.997. The van der Waals surface area contributed by atoms with E-state index in [1.807, 2.05) is 13.8 Å². The average Bonchev–Trinajstić information content (AvgIpc) is 2.85. The van der Waals surface area contributed by atoms with E-state index in [-0.39, 0.29) is 5.92 Å². The zero-order valence-corrected chi connectivity index (χ0v) is 10.9. The lowest BCUT2D eigenvalue weighted by Crippen LogP contribution is -2.49. The molecule has 6 nitrogen and oxygen atoms in total. The summed E-state index contributed by atoms with van der Waals surface area (Å²) >= 11 is 0. The number of carboxylic acid groups (broad SMARTS) is 1. The maximum absolute atomic E-state index is 11.6. The minimum Gasteiger partial charge on any atom is -0.480 e. The van der Waals surface area contributed by atoms with Crippen molar-refractivity contribution in [2.75, 3.05) is 19.8 Å². The highest BCUT2D eigenvalue weighted by Crippen LogP contribution is 2.11. The van der Waals surface area contributed by atoms with Crippen LogP contribution in [-0.4, -0.2) is 42.9 Å². The molecule has 0 aliphatic carbocycles. The number of urea groups is 1. The zero-order valence-electron chi connectivity index (χ0n) is 10.9. The van der Waals surface area contributed by atoms with Gasteiger partial charge in [0.05, 0.1) is 6.61 Å². The number of hydrogen-bond acceptors (Lipinski definition) is 3. The zero-order chi connectivity index (χ0) is 13.5. The smallest absolute Gasteiger partial charge is 0.326 e. The van der Waals surface area contributed by atoms with Crippen LogP contribution in [0.1, 0.15) is 26.7 Å². The lowest BCUT2D eigenvalue weighted by molar-refractivity contribution is -0.140. The molecule has 3 N–H and O–H groups in total. The molecule has 1 aliphatic rings. The Morgan fingerprint density at radius 1 is 1.50 bits per heavy atom. The van der Waals surface area contributed by atoms with Crippen LogP contribution in [0.25, 0.3) is 0 Å². The second-order valence-electron chi connectivity index (χ2n) is 4.79. The van der Waals surface area contributed by atoms with Gasteiger partial charge in [0.15, 0.2) is 0 Å². The Kier molecular flexibility index (Phi) is 5.91. The van der Waals surface area contributed by atoms with Crippen molar-refractivity contribution < 1.29 is 19.4 Å². The van der Waals surface area contributed by atoms with Crippen molar-refractivity contribution in [3.8, 4) is 0 Å². The van der Waals surface area contributed by atoms with E-state index in [0.29, 0.717) is 25.5 Å². The van der Waals surface area contributed by atoms with Crippen molar-refractivity contribution in [2.24, 2.45) is 11.8 Å². The van der Waals surface area contributed by atoms with Gasteiger partial charge in [0.25, 0.3) is 0 Å². The van der Waals surface area contributed by atoms with Gasteiger partial charge < -0.3 is 20.5 Å². The first-order valence-corrected chi connectivity index (χ1v) is 6.39. The third-order valence-corrected chi connectivity index (χ3v) is 3.34. The molecule has 1 unspecified atom stereocenters. The summed E-state index contributed by atoms with van der Waals surface area (Å²) in [6.07, 6.45) is 1.64. The van der Waals surface area contributed by atoms with Crippen LogP contribution < -0.4 is 10.6 Å². The summed E-state index contributed by atoms with van der Waals surface area (Å²) < 4.78 is 5.20. The Bertz CT molecular complexity index is 290. The Balaban J connectivity index is 2.33. The second kappa shape index (κ2) is 7.20. The summed E-state index contributed by atoms with van der Waals surface area (Å²) in [5.41, 5.74) is 0. The first-order valence-electron chi connectivity index (χ1n) is 6.39. The van der Waals surface area contributed by atoms with Crippen molar-refractivity contribution >= 4 is 12.0 Å². The van der Waals surface area contributed by atoms with Gasteiger partial charge in [-0.1, -0.05) is 20.3 Å². The van der Waals surface area contributed by atoms with E-state index in [1.54, 1.807) is 0 Å². The van der Waals surface area contributed by atoms with Crippen LogP contribution in [0.2, 0.25) is 0 Å². The van der Waals surface area contributed by atoms with Gasteiger partial charge in [0.1, 0.15) is 6.04 Å². The monoisotopic (exact) mass is 258 g/mol. The van der Waals surface area contributed by atoms with E-state index >= 15 is 0 Å². The molecule has 0 aromatic carbocycles. The fraction of sp³-hybridized carbons (Fsp3) is 0.833. The lowest BCUT2D eigenvalue weighted by atomic mass is 9.99. The van der Waals surface area contributed by atoms with Crippen LogP contribution >= 0.6 is 0 Å². The van der Waals surface area contributed by atoms with E-state index in [4.69, 9.17) is 9.84 Å². The van der Waals surface area contributed by atoms with E-state index in [1.165, 1.54) is 0 Å². The summed E-state index contributed by atoms with van der Waals surface area (Å²) in [6, 6.07) is -1.26. The Morgan fingerprint density at radius 3 is 2.72 bits per heavy atom. The van der Waals surface area contributed by atoms with E-state index < -0.39 is 18.0 Å². The first kappa shape index (κ1) is 14.8. The number of hydrogen-bond donors (Lipinski definition) is 3. The predicted octanol–water partition coefficient (Wildman–Crippen LogP) is 0.821. The summed E-state index contributed by atoms with van der Waals surface area (Å²) in [5.74, 6) is -0.755. The summed E-state index contributed by atoms with van der Waals surface area (Å²) in [6.45, 7) is 5.63. The third kappa shape index (κ3) is 4.52. The topological polar surface area (TPSA) is 87.7 Å². The van der Waals surface area contributed by atoms with Gasteiger partial charge in [-0.15, -0.1) is 0 Å². The van der Waals surface area contributed by atoms with Gasteiger partial charge in [-0.25, -0.2) is 9.59 Å². The molecule has 1 saturated heterocycles. The predicted molar refractivity (Wildman–Crippen MR) is 66.3 cm³/mol. The standard InChI is InChI=1S/C12H22N2O4/c1-3-8(2)10(11(15)16)14-12(17)13-6-9-4-5-18-7-9/h8-10H,3-7H2,1-2H3,(H,15,16)(H2,13,14,17)/t8-,9?,10-/m0/s1. The minimum absolute atomic E-state index is 0.0944. The van der Waals surface area contributed by atoms with Crippen molar-refractivity contribution in [2.45, 2.75) is 32.7 Å². The molecule has 1 fully saturated rings. The number of amides is 2. The normalized spacial score (nSPS) is 22.2. The second-order valence-corrected chi connectivity index (χ2v) is 4.79. The van der Waals surface area contributed by atoms with Gasteiger partial charge >= 0.3 is 12.0 Å². The highest BCUT2D eigenvalue weighted by Gasteiger charge is 2.25. The fourth-order valence-corrected chi connectivity index (χ4v) is 1.86. The van der Waals surface area contributed by atoms with Gasteiger partial charge in [0.2, 0.25) is 0 Å². The number of nitrogens with one attached hydrogen (secondary N) is 2. The lowest BCUT2D eigenvalue weighted by Gasteiger charge is -2.20. The van der Waals surface area contributed by atoms with Crippen molar-refractivity contribution in [3.05, 3.63) is 0 Å². The molecule has 18 heavy (non-hydrogen) atoms. The van der Waals surface area contributed by atoms with E-state index in [0.717, 1.165) is 13.0 Å². The first-order chi connectivity index (χ1) is 8.54. The molecular weight excluding hydrogens is 236 g/mol. The molecule has 0 aromatic heterocycles. The molecule has 6 heteroatoms. The molecule has 0 aromatic rings. The van der Waals surface area contributed by atoms with Crippen molar-refractivity contribution in [1.29, 1.82) is 0 Å². The molecule has 1 rings (SSSR count). The Hall–Kier alpha value is -1.30. The Labute approximate surface area is 107 Å². The molecule has 3 atom stereocenters. The summed E-state index contributed by atoms with van der Waals surface area (Å²) in [7, 11) is 0. The molecule has 104 valence electrons. The number of carbonyl (C=O) groups excluding carboxylic acids is 1. The van der Waals surface area contributed by atoms with Gasteiger partial charge in [-0.05, 0) is 12.3 Å². The largest absolute Gasteiger partial charge is 0.480 e. The quantitative estimate of drug-likeness (QED) is 0.658.